The molecule has 0 saturated carbocycles. The van der Waals surface area contributed by atoms with E-state index >= 15 is 0 Å². The Labute approximate surface area is 100 Å². The summed E-state index contributed by atoms with van der Waals surface area (Å²) in [4.78, 5) is 0. The van der Waals surface area contributed by atoms with Gasteiger partial charge in [0.1, 0.15) is 5.75 Å². The number of benzene rings is 1. The van der Waals surface area contributed by atoms with Crippen LogP contribution in [0.1, 0.15) is 12.0 Å². The van der Waals surface area contributed by atoms with Crippen LogP contribution in [0.3, 0.4) is 0 Å². The van der Waals surface area contributed by atoms with Crippen LogP contribution in [-0.4, -0.2) is 24.9 Å². The molecule has 0 spiro atoms. The van der Waals surface area contributed by atoms with Crippen LogP contribution >= 0.6 is 11.6 Å². The van der Waals surface area contributed by atoms with Gasteiger partial charge in [0.25, 0.3) is 0 Å². The maximum atomic E-state index is 9.27. The lowest BCUT2D eigenvalue weighted by Crippen LogP contribution is -2.22. The zero-order valence-corrected chi connectivity index (χ0v) is 9.83. The van der Waals surface area contributed by atoms with E-state index in [-0.39, 0.29) is 5.75 Å². The summed E-state index contributed by atoms with van der Waals surface area (Å²) in [5.41, 5.74) is 1.08. The van der Waals surface area contributed by atoms with Gasteiger partial charge in [-0.3, -0.25) is 0 Å². The number of hydrogen-bond donors (Lipinski definition) is 2. The standard InChI is InChI=1S/C12H16ClNO2/c13-11-5-9(1-2-12(11)15)6-14-7-10-3-4-16-8-10/h1-2,5,10,14-15H,3-4,6-8H2. The first-order chi connectivity index (χ1) is 7.75. The monoisotopic (exact) mass is 241 g/mol. The summed E-state index contributed by atoms with van der Waals surface area (Å²) in [6.45, 7) is 3.50. The number of rotatable bonds is 4. The van der Waals surface area contributed by atoms with Gasteiger partial charge in [-0.1, -0.05) is 17.7 Å². The van der Waals surface area contributed by atoms with Crippen LogP contribution in [0.25, 0.3) is 0 Å². The van der Waals surface area contributed by atoms with E-state index in [1.807, 2.05) is 6.07 Å². The first-order valence-corrected chi connectivity index (χ1v) is 5.89. The van der Waals surface area contributed by atoms with Crippen LogP contribution in [0, 0.1) is 5.92 Å². The third kappa shape index (κ3) is 3.11. The molecule has 0 amide bonds. The molecule has 1 heterocycles. The molecular weight excluding hydrogens is 226 g/mol. The fraction of sp³-hybridized carbons (Fsp3) is 0.500. The lowest BCUT2D eigenvalue weighted by Gasteiger charge is -2.09. The van der Waals surface area contributed by atoms with Gasteiger partial charge in [0.2, 0.25) is 0 Å². The van der Waals surface area contributed by atoms with E-state index in [2.05, 4.69) is 5.32 Å². The second-order valence-corrected chi connectivity index (χ2v) is 4.55. The van der Waals surface area contributed by atoms with E-state index in [0.29, 0.717) is 10.9 Å². The van der Waals surface area contributed by atoms with Crippen molar-refractivity contribution < 1.29 is 9.84 Å². The van der Waals surface area contributed by atoms with Gasteiger partial charge in [0.15, 0.2) is 0 Å². The minimum Gasteiger partial charge on any atom is -0.506 e. The average Bonchev–Trinajstić information content (AvgIpc) is 2.76. The van der Waals surface area contributed by atoms with Gasteiger partial charge in [-0.05, 0) is 30.0 Å². The molecule has 0 radical (unpaired) electrons. The van der Waals surface area contributed by atoms with Crippen molar-refractivity contribution in [3.63, 3.8) is 0 Å². The maximum Gasteiger partial charge on any atom is 0.134 e. The Bertz CT molecular complexity index is 351. The van der Waals surface area contributed by atoms with E-state index in [1.54, 1.807) is 12.1 Å². The number of hydrogen-bond acceptors (Lipinski definition) is 3. The number of aromatic hydroxyl groups is 1. The topological polar surface area (TPSA) is 41.5 Å². The van der Waals surface area contributed by atoms with Gasteiger partial charge in [0, 0.05) is 19.7 Å². The Hall–Kier alpha value is -0.770. The molecule has 88 valence electrons. The van der Waals surface area contributed by atoms with Crippen LogP contribution < -0.4 is 5.32 Å². The normalized spacial score (nSPS) is 20.2. The lowest BCUT2D eigenvalue weighted by molar-refractivity contribution is 0.185. The van der Waals surface area contributed by atoms with Gasteiger partial charge in [-0.25, -0.2) is 0 Å². The molecule has 1 aromatic carbocycles. The molecule has 1 aliphatic rings. The summed E-state index contributed by atoms with van der Waals surface area (Å²) in [7, 11) is 0. The number of halogens is 1. The van der Waals surface area contributed by atoms with Crippen molar-refractivity contribution in [3.05, 3.63) is 28.8 Å². The lowest BCUT2D eigenvalue weighted by atomic mass is 10.1. The van der Waals surface area contributed by atoms with E-state index in [0.717, 1.165) is 38.3 Å². The SMILES string of the molecule is Oc1ccc(CNCC2CCOC2)cc1Cl. The smallest absolute Gasteiger partial charge is 0.134 e. The number of phenols is 1. The molecule has 2 N–H and O–H groups in total. The molecule has 0 aromatic heterocycles. The second kappa shape index (κ2) is 5.53. The molecule has 1 fully saturated rings. The van der Waals surface area contributed by atoms with Gasteiger partial charge < -0.3 is 15.2 Å². The Morgan fingerprint density at radius 3 is 3.06 bits per heavy atom. The molecular formula is C12H16ClNO2. The number of phenolic OH excluding ortho intramolecular Hbond substituents is 1. The Morgan fingerprint density at radius 2 is 2.38 bits per heavy atom. The summed E-state index contributed by atoms with van der Waals surface area (Å²) in [6.07, 6.45) is 1.14. The minimum atomic E-state index is 0.134. The predicted molar refractivity (Wildman–Crippen MR) is 63.7 cm³/mol. The minimum absolute atomic E-state index is 0.134. The molecule has 16 heavy (non-hydrogen) atoms. The number of ether oxygens (including phenoxy) is 1. The van der Waals surface area contributed by atoms with Crippen LogP contribution in [0.15, 0.2) is 18.2 Å². The summed E-state index contributed by atoms with van der Waals surface area (Å²) in [5, 5.41) is 13.0. The second-order valence-electron chi connectivity index (χ2n) is 4.15. The first-order valence-electron chi connectivity index (χ1n) is 5.51. The predicted octanol–water partition coefficient (Wildman–Crippen LogP) is 2.17. The van der Waals surface area contributed by atoms with Crippen molar-refractivity contribution in [2.45, 2.75) is 13.0 Å². The van der Waals surface area contributed by atoms with Gasteiger partial charge >= 0.3 is 0 Å². The third-order valence-corrected chi connectivity index (χ3v) is 3.10. The fourth-order valence-corrected chi connectivity index (χ4v) is 2.03. The summed E-state index contributed by atoms with van der Waals surface area (Å²) in [6, 6.07) is 5.28. The summed E-state index contributed by atoms with van der Waals surface area (Å²) < 4.78 is 5.30. The van der Waals surface area contributed by atoms with E-state index in [9.17, 15) is 5.11 Å². The highest BCUT2D eigenvalue weighted by Crippen LogP contribution is 2.23. The van der Waals surface area contributed by atoms with Crippen molar-refractivity contribution in [2.75, 3.05) is 19.8 Å². The summed E-state index contributed by atoms with van der Waals surface area (Å²) in [5.74, 6) is 0.766. The van der Waals surface area contributed by atoms with Gasteiger partial charge in [0.05, 0.1) is 11.6 Å². The largest absolute Gasteiger partial charge is 0.506 e. The molecule has 1 saturated heterocycles. The maximum absolute atomic E-state index is 9.27. The quantitative estimate of drug-likeness (QED) is 0.849. The third-order valence-electron chi connectivity index (χ3n) is 2.80. The molecule has 1 atom stereocenters. The molecule has 1 aliphatic heterocycles. The zero-order valence-electron chi connectivity index (χ0n) is 9.08. The van der Waals surface area contributed by atoms with E-state index < -0.39 is 0 Å². The molecule has 2 rings (SSSR count). The van der Waals surface area contributed by atoms with Crippen molar-refractivity contribution in [1.82, 2.24) is 5.32 Å². The van der Waals surface area contributed by atoms with Crippen LogP contribution in [-0.2, 0) is 11.3 Å². The van der Waals surface area contributed by atoms with Crippen molar-refractivity contribution in [1.29, 1.82) is 0 Å². The van der Waals surface area contributed by atoms with Crippen molar-refractivity contribution >= 4 is 11.6 Å². The summed E-state index contributed by atoms with van der Waals surface area (Å²) >= 11 is 5.82. The van der Waals surface area contributed by atoms with Crippen molar-refractivity contribution in [2.24, 2.45) is 5.92 Å². The zero-order chi connectivity index (χ0) is 11.4. The van der Waals surface area contributed by atoms with Crippen LogP contribution in [0.4, 0.5) is 0 Å². The van der Waals surface area contributed by atoms with E-state index in [4.69, 9.17) is 16.3 Å². The van der Waals surface area contributed by atoms with Gasteiger partial charge in [-0.15, -0.1) is 0 Å². The molecule has 0 bridgehead atoms. The number of nitrogens with one attached hydrogen (secondary N) is 1. The molecule has 4 heteroatoms. The van der Waals surface area contributed by atoms with Gasteiger partial charge in [-0.2, -0.15) is 0 Å². The highest BCUT2D eigenvalue weighted by atomic mass is 35.5. The fourth-order valence-electron chi connectivity index (χ4n) is 1.83. The highest BCUT2D eigenvalue weighted by Gasteiger charge is 2.14. The first kappa shape index (κ1) is 11.7. The van der Waals surface area contributed by atoms with Crippen LogP contribution in [0.5, 0.6) is 5.75 Å². The van der Waals surface area contributed by atoms with Crippen LogP contribution in [0.2, 0.25) is 5.02 Å². The Morgan fingerprint density at radius 1 is 1.50 bits per heavy atom. The molecule has 1 aromatic rings. The van der Waals surface area contributed by atoms with Crippen molar-refractivity contribution in [3.8, 4) is 5.75 Å². The molecule has 3 nitrogen and oxygen atoms in total. The average molecular weight is 242 g/mol. The molecule has 0 aliphatic carbocycles. The highest BCUT2D eigenvalue weighted by molar-refractivity contribution is 6.32. The van der Waals surface area contributed by atoms with E-state index in [1.165, 1.54) is 0 Å². The Kier molecular flexibility index (Phi) is 4.04. The Balaban J connectivity index is 1.78. The molecule has 1 unspecified atom stereocenters.